The van der Waals surface area contributed by atoms with Gasteiger partial charge in [0.15, 0.2) is 0 Å². The Hall–Kier alpha value is -3.38. The van der Waals surface area contributed by atoms with E-state index in [9.17, 15) is 4.79 Å². The first-order valence-electron chi connectivity index (χ1n) is 8.63. The zero-order chi connectivity index (χ0) is 19.7. The Labute approximate surface area is 166 Å². The molecule has 0 aliphatic heterocycles. The summed E-state index contributed by atoms with van der Waals surface area (Å²) in [5.74, 6) is 0.260. The number of para-hydroxylation sites is 1. The predicted octanol–water partition coefficient (Wildman–Crippen LogP) is 4.64. The van der Waals surface area contributed by atoms with Crippen molar-refractivity contribution in [2.24, 2.45) is 0 Å². The minimum Gasteiger partial charge on any atom is -0.495 e. The van der Waals surface area contributed by atoms with Crippen molar-refractivity contribution < 1.29 is 9.53 Å². The van der Waals surface area contributed by atoms with Gasteiger partial charge in [0.25, 0.3) is 5.91 Å². The second-order valence-corrected chi connectivity index (χ2v) is 6.69. The van der Waals surface area contributed by atoms with Gasteiger partial charge in [0.1, 0.15) is 16.8 Å². The second kappa shape index (κ2) is 7.32. The van der Waals surface area contributed by atoms with Crippen LogP contribution in [0.5, 0.6) is 5.75 Å². The number of halogens is 1. The average molecular weight is 393 g/mol. The van der Waals surface area contributed by atoms with Crippen LogP contribution in [0.2, 0.25) is 5.02 Å². The number of aryl methyl sites for hydroxylation is 1. The third kappa shape index (κ3) is 3.42. The highest BCUT2D eigenvalue weighted by Gasteiger charge is 2.13. The van der Waals surface area contributed by atoms with Gasteiger partial charge in [0.2, 0.25) is 0 Å². The highest BCUT2D eigenvalue weighted by atomic mass is 35.5. The first-order chi connectivity index (χ1) is 13.5. The first kappa shape index (κ1) is 18.0. The van der Waals surface area contributed by atoms with Gasteiger partial charge < -0.3 is 10.1 Å². The molecule has 1 N–H and O–H groups in total. The van der Waals surface area contributed by atoms with E-state index in [0.29, 0.717) is 27.5 Å². The van der Waals surface area contributed by atoms with E-state index in [2.05, 4.69) is 15.5 Å². The average Bonchev–Trinajstić information content (AvgIpc) is 3.11. The number of hydrogen-bond donors (Lipinski definition) is 1. The molecule has 0 spiro atoms. The number of nitrogens with zero attached hydrogens (tertiary/aromatic N) is 3. The van der Waals surface area contributed by atoms with E-state index >= 15 is 0 Å². The van der Waals surface area contributed by atoms with Crippen LogP contribution in [-0.2, 0) is 0 Å². The van der Waals surface area contributed by atoms with Crippen molar-refractivity contribution in [1.82, 2.24) is 15.0 Å². The minimum atomic E-state index is -0.262. The van der Waals surface area contributed by atoms with E-state index in [4.69, 9.17) is 16.3 Å². The van der Waals surface area contributed by atoms with Crippen LogP contribution >= 0.6 is 11.6 Å². The summed E-state index contributed by atoms with van der Waals surface area (Å²) in [6.07, 6.45) is 0. The highest BCUT2D eigenvalue weighted by Crippen LogP contribution is 2.26. The van der Waals surface area contributed by atoms with Gasteiger partial charge in [0.05, 0.1) is 17.8 Å². The molecule has 1 aromatic heterocycles. The molecule has 1 heterocycles. The number of carbonyl (C=O) groups is 1. The lowest BCUT2D eigenvalue weighted by molar-refractivity contribution is 0.102. The number of aromatic nitrogens is 3. The maximum atomic E-state index is 12.6. The summed E-state index contributed by atoms with van der Waals surface area (Å²) in [5, 5.41) is 12.3. The number of nitrogens with one attached hydrogen (secondary N) is 1. The molecule has 0 bridgehead atoms. The maximum Gasteiger partial charge on any atom is 0.255 e. The van der Waals surface area contributed by atoms with Crippen LogP contribution in [0.1, 0.15) is 15.9 Å². The monoisotopic (exact) mass is 392 g/mol. The fourth-order valence-corrected chi connectivity index (χ4v) is 3.14. The fraction of sp³-hybridized carbons (Fsp3) is 0.0952. The summed E-state index contributed by atoms with van der Waals surface area (Å²) < 4.78 is 5.12. The fourth-order valence-electron chi connectivity index (χ4n) is 2.88. The lowest BCUT2D eigenvalue weighted by Gasteiger charge is -2.09. The summed E-state index contributed by atoms with van der Waals surface area (Å²) in [5.41, 5.74) is 4.32. The van der Waals surface area contributed by atoms with E-state index in [-0.39, 0.29) is 5.91 Å². The molecule has 0 radical (unpaired) electrons. The van der Waals surface area contributed by atoms with Crippen molar-refractivity contribution in [2.45, 2.75) is 6.92 Å². The summed E-state index contributed by atoms with van der Waals surface area (Å²) in [4.78, 5) is 14.2. The third-order valence-electron chi connectivity index (χ3n) is 4.38. The zero-order valence-corrected chi connectivity index (χ0v) is 16.1. The maximum absolute atomic E-state index is 12.6. The quantitative estimate of drug-likeness (QED) is 0.549. The number of carbonyl (C=O) groups excluding carboxylic acids is 1. The molecular formula is C21H17ClN4O2. The molecular weight excluding hydrogens is 376 g/mol. The Bertz CT molecular complexity index is 1170. The molecule has 0 saturated heterocycles. The van der Waals surface area contributed by atoms with Crippen molar-refractivity contribution >= 4 is 34.2 Å². The van der Waals surface area contributed by atoms with E-state index in [1.165, 1.54) is 7.11 Å². The van der Waals surface area contributed by atoms with Crippen LogP contribution in [0.25, 0.3) is 16.7 Å². The third-order valence-corrected chi connectivity index (χ3v) is 4.67. The summed E-state index contributed by atoms with van der Waals surface area (Å²) in [6, 6.07) is 18.3. The van der Waals surface area contributed by atoms with E-state index < -0.39 is 0 Å². The van der Waals surface area contributed by atoms with E-state index in [1.807, 2.05) is 49.4 Å². The highest BCUT2D eigenvalue weighted by molar-refractivity contribution is 6.32. The number of benzene rings is 3. The van der Waals surface area contributed by atoms with Gasteiger partial charge in [0, 0.05) is 11.3 Å². The number of hydrogen-bond acceptors (Lipinski definition) is 4. The molecule has 0 aliphatic carbocycles. The molecule has 140 valence electrons. The Balaban J connectivity index is 1.64. The van der Waals surface area contributed by atoms with E-state index in [1.54, 1.807) is 23.0 Å². The first-order valence-corrected chi connectivity index (χ1v) is 9.01. The molecule has 7 heteroatoms. The van der Waals surface area contributed by atoms with Crippen LogP contribution < -0.4 is 10.1 Å². The lowest BCUT2D eigenvalue weighted by Crippen LogP contribution is -2.12. The summed E-state index contributed by atoms with van der Waals surface area (Å²) in [6.45, 7) is 1.91. The van der Waals surface area contributed by atoms with Gasteiger partial charge in [-0.1, -0.05) is 29.8 Å². The Kier molecular flexibility index (Phi) is 4.71. The van der Waals surface area contributed by atoms with Crippen molar-refractivity contribution in [1.29, 1.82) is 0 Å². The normalized spacial score (nSPS) is 10.8. The number of ether oxygens (including phenoxy) is 1. The van der Waals surface area contributed by atoms with Crippen LogP contribution in [0.4, 0.5) is 5.69 Å². The SMILES string of the molecule is COc1ccc(C(=O)Nc2cc3nn(-c4ccccc4)nc3cc2C)cc1Cl. The predicted molar refractivity (Wildman–Crippen MR) is 110 cm³/mol. The number of anilines is 1. The van der Waals surface area contributed by atoms with Crippen LogP contribution in [-0.4, -0.2) is 28.0 Å². The van der Waals surface area contributed by atoms with Crippen molar-refractivity contribution in [2.75, 3.05) is 12.4 Å². The van der Waals surface area contributed by atoms with Crippen LogP contribution in [0, 0.1) is 6.92 Å². The summed E-state index contributed by atoms with van der Waals surface area (Å²) in [7, 11) is 1.53. The smallest absolute Gasteiger partial charge is 0.255 e. The van der Waals surface area contributed by atoms with Crippen molar-refractivity contribution in [3.8, 4) is 11.4 Å². The van der Waals surface area contributed by atoms with Gasteiger partial charge >= 0.3 is 0 Å². The largest absolute Gasteiger partial charge is 0.495 e. The molecule has 4 rings (SSSR count). The molecule has 3 aromatic carbocycles. The van der Waals surface area contributed by atoms with Crippen molar-refractivity contribution in [3.05, 3.63) is 76.8 Å². The zero-order valence-electron chi connectivity index (χ0n) is 15.3. The molecule has 0 aliphatic rings. The van der Waals surface area contributed by atoms with E-state index in [0.717, 1.165) is 16.8 Å². The number of amides is 1. The molecule has 0 saturated carbocycles. The molecule has 1 amide bonds. The molecule has 0 fully saturated rings. The minimum absolute atomic E-state index is 0.262. The second-order valence-electron chi connectivity index (χ2n) is 6.28. The lowest BCUT2D eigenvalue weighted by atomic mass is 10.1. The Morgan fingerprint density at radius 1 is 1.04 bits per heavy atom. The molecule has 6 nitrogen and oxygen atoms in total. The molecule has 4 aromatic rings. The van der Waals surface area contributed by atoms with Crippen LogP contribution in [0.15, 0.2) is 60.7 Å². The van der Waals surface area contributed by atoms with Gasteiger partial charge in [-0.05, 0) is 55.0 Å². The van der Waals surface area contributed by atoms with Gasteiger partial charge in [-0.3, -0.25) is 4.79 Å². The van der Waals surface area contributed by atoms with Gasteiger partial charge in [-0.25, -0.2) is 0 Å². The number of fused-ring (bicyclic) bond motifs is 1. The van der Waals surface area contributed by atoms with Gasteiger partial charge in [-0.2, -0.15) is 4.80 Å². The Morgan fingerprint density at radius 2 is 1.75 bits per heavy atom. The topological polar surface area (TPSA) is 69.0 Å². The van der Waals surface area contributed by atoms with Crippen LogP contribution in [0.3, 0.4) is 0 Å². The standard InChI is InChI=1S/C21H17ClN4O2/c1-13-10-18-19(25-26(24-18)15-6-4-3-5-7-15)12-17(13)23-21(27)14-8-9-20(28-2)16(22)11-14/h3-12H,1-2H3,(H,23,27). The number of rotatable bonds is 4. The molecule has 0 unspecified atom stereocenters. The number of methoxy groups -OCH3 is 1. The molecule has 28 heavy (non-hydrogen) atoms. The molecule has 0 atom stereocenters. The summed E-state index contributed by atoms with van der Waals surface area (Å²) >= 11 is 6.12. The Morgan fingerprint density at radius 3 is 2.43 bits per heavy atom. The van der Waals surface area contributed by atoms with Crippen molar-refractivity contribution in [3.63, 3.8) is 0 Å². The van der Waals surface area contributed by atoms with Gasteiger partial charge in [-0.15, -0.1) is 10.2 Å².